The van der Waals surface area contributed by atoms with Crippen LogP contribution in [-0.4, -0.2) is 29.0 Å². The number of aliphatic hydroxyl groups excluding tert-OH is 1. The van der Waals surface area contributed by atoms with Crippen molar-refractivity contribution in [1.29, 1.82) is 0 Å². The van der Waals surface area contributed by atoms with Crippen LogP contribution in [0.25, 0.3) is 0 Å². The van der Waals surface area contributed by atoms with Gasteiger partial charge in [-0.15, -0.1) is 11.8 Å². The Bertz CT molecular complexity index is 430. The summed E-state index contributed by atoms with van der Waals surface area (Å²) in [5, 5.41) is 14.5. The van der Waals surface area contributed by atoms with E-state index in [1.165, 1.54) is 0 Å². The van der Waals surface area contributed by atoms with Crippen LogP contribution in [0.15, 0.2) is 23.1 Å². The fraction of sp³-hybridized carbons (Fsp3) is 0.600. The van der Waals surface area contributed by atoms with Crippen LogP contribution < -0.4 is 5.32 Å². The maximum Gasteiger partial charge on any atom is 0.0611 e. The van der Waals surface area contributed by atoms with Crippen molar-refractivity contribution in [2.75, 3.05) is 13.2 Å². The molecule has 0 bridgehead atoms. The van der Waals surface area contributed by atoms with Gasteiger partial charge in [-0.3, -0.25) is 0 Å². The molecule has 0 aliphatic carbocycles. The quantitative estimate of drug-likeness (QED) is 0.680. The lowest BCUT2D eigenvalue weighted by Gasteiger charge is -2.31. The molecule has 114 valence electrons. The normalized spacial score (nSPS) is 15.9. The van der Waals surface area contributed by atoms with Gasteiger partial charge in [0.15, 0.2) is 0 Å². The standard InChI is InChI=1S/C15H23Cl2NOS/c1-4-7-18-15(3,10-19)9-11(2)20-12-5-6-13(16)14(17)8-12/h5-6,8,11,18-19H,4,7,9-10H2,1-3H3. The number of nitrogens with one attached hydrogen (secondary N) is 1. The monoisotopic (exact) mass is 335 g/mol. The van der Waals surface area contributed by atoms with Gasteiger partial charge in [0.1, 0.15) is 0 Å². The molecule has 1 aromatic carbocycles. The second kappa shape index (κ2) is 8.50. The van der Waals surface area contributed by atoms with Crippen LogP contribution in [0.5, 0.6) is 0 Å². The van der Waals surface area contributed by atoms with Crippen LogP contribution in [0.1, 0.15) is 33.6 Å². The summed E-state index contributed by atoms with van der Waals surface area (Å²) in [4.78, 5) is 1.10. The number of halogens is 2. The number of hydrogen-bond donors (Lipinski definition) is 2. The number of hydrogen-bond acceptors (Lipinski definition) is 3. The Hall–Kier alpha value is 0.0700. The summed E-state index contributed by atoms with van der Waals surface area (Å²) < 4.78 is 0. The molecule has 0 saturated heterocycles. The Kier molecular flexibility index (Phi) is 7.70. The topological polar surface area (TPSA) is 32.3 Å². The van der Waals surface area contributed by atoms with E-state index in [0.717, 1.165) is 24.3 Å². The lowest BCUT2D eigenvalue weighted by Crippen LogP contribution is -2.47. The van der Waals surface area contributed by atoms with Gasteiger partial charge in [-0.1, -0.05) is 37.0 Å². The molecule has 1 rings (SSSR count). The van der Waals surface area contributed by atoms with Crippen LogP contribution in [0.3, 0.4) is 0 Å². The SMILES string of the molecule is CCCNC(C)(CO)CC(C)Sc1ccc(Cl)c(Cl)c1. The second-order valence-corrected chi connectivity index (χ2v) is 7.68. The molecule has 0 spiro atoms. The highest BCUT2D eigenvalue weighted by molar-refractivity contribution is 8.00. The Balaban J connectivity index is 2.61. The summed E-state index contributed by atoms with van der Waals surface area (Å²) in [6.07, 6.45) is 1.94. The van der Waals surface area contributed by atoms with E-state index in [9.17, 15) is 5.11 Å². The average molecular weight is 336 g/mol. The van der Waals surface area contributed by atoms with E-state index in [2.05, 4.69) is 26.1 Å². The molecular weight excluding hydrogens is 313 g/mol. The number of aliphatic hydroxyl groups is 1. The molecule has 0 fully saturated rings. The lowest BCUT2D eigenvalue weighted by molar-refractivity contribution is 0.166. The van der Waals surface area contributed by atoms with Crippen molar-refractivity contribution >= 4 is 35.0 Å². The smallest absolute Gasteiger partial charge is 0.0611 e. The minimum absolute atomic E-state index is 0.138. The molecule has 0 amide bonds. The average Bonchev–Trinajstić information content (AvgIpc) is 2.40. The van der Waals surface area contributed by atoms with E-state index in [0.29, 0.717) is 15.3 Å². The number of thioether (sulfide) groups is 1. The molecule has 20 heavy (non-hydrogen) atoms. The summed E-state index contributed by atoms with van der Waals surface area (Å²) >= 11 is 13.7. The predicted octanol–water partition coefficient (Wildman–Crippen LogP) is 4.61. The molecule has 0 aliphatic rings. The van der Waals surface area contributed by atoms with Gasteiger partial charge in [-0.2, -0.15) is 0 Å². The summed E-state index contributed by atoms with van der Waals surface area (Å²) in [6.45, 7) is 7.41. The van der Waals surface area contributed by atoms with Crippen LogP contribution in [0.4, 0.5) is 0 Å². The lowest BCUT2D eigenvalue weighted by atomic mass is 9.97. The molecule has 5 heteroatoms. The highest BCUT2D eigenvalue weighted by atomic mass is 35.5. The minimum Gasteiger partial charge on any atom is -0.394 e. The third kappa shape index (κ3) is 5.82. The predicted molar refractivity (Wildman–Crippen MR) is 90.2 cm³/mol. The molecule has 2 unspecified atom stereocenters. The van der Waals surface area contributed by atoms with Crippen LogP contribution in [0, 0.1) is 0 Å². The maximum atomic E-state index is 9.60. The Labute approximate surface area is 136 Å². The van der Waals surface area contributed by atoms with Gasteiger partial charge in [0, 0.05) is 15.7 Å². The first-order valence-electron chi connectivity index (χ1n) is 6.88. The molecule has 0 aliphatic heterocycles. The van der Waals surface area contributed by atoms with E-state index < -0.39 is 0 Å². The molecule has 2 nitrogen and oxygen atoms in total. The molecule has 0 aromatic heterocycles. The third-order valence-electron chi connectivity index (χ3n) is 3.12. The van der Waals surface area contributed by atoms with Crippen LogP contribution in [-0.2, 0) is 0 Å². The Morgan fingerprint density at radius 1 is 1.35 bits per heavy atom. The summed E-state index contributed by atoms with van der Waals surface area (Å²) in [5.41, 5.74) is -0.237. The summed E-state index contributed by atoms with van der Waals surface area (Å²) in [5.74, 6) is 0. The van der Waals surface area contributed by atoms with E-state index in [-0.39, 0.29) is 12.1 Å². The molecule has 0 saturated carbocycles. The minimum atomic E-state index is -0.237. The molecule has 0 radical (unpaired) electrons. The van der Waals surface area contributed by atoms with Crippen molar-refractivity contribution in [3.63, 3.8) is 0 Å². The van der Waals surface area contributed by atoms with Gasteiger partial charge in [-0.25, -0.2) is 0 Å². The van der Waals surface area contributed by atoms with E-state index in [4.69, 9.17) is 23.2 Å². The van der Waals surface area contributed by atoms with E-state index in [1.807, 2.05) is 18.2 Å². The van der Waals surface area contributed by atoms with Crippen molar-refractivity contribution < 1.29 is 5.11 Å². The second-order valence-electron chi connectivity index (χ2n) is 5.35. The zero-order valence-corrected chi connectivity index (χ0v) is 14.6. The maximum absolute atomic E-state index is 9.60. The van der Waals surface area contributed by atoms with Gasteiger partial charge in [0.25, 0.3) is 0 Å². The molecule has 2 N–H and O–H groups in total. The van der Waals surface area contributed by atoms with Gasteiger partial charge in [-0.05, 0) is 44.5 Å². The van der Waals surface area contributed by atoms with Gasteiger partial charge in [0.05, 0.1) is 16.7 Å². The number of rotatable bonds is 8. The summed E-state index contributed by atoms with van der Waals surface area (Å²) in [6, 6.07) is 5.69. The molecule has 0 heterocycles. The Morgan fingerprint density at radius 3 is 2.60 bits per heavy atom. The van der Waals surface area contributed by atoms with Gasteiger partial charge in [0.2, 0.25) is 0 Å². The highest BCUT2D eigenvalue weighted by Gasteiger charge is 2.25. The van der Waals surface area contributed by atoms with Crippen molar-refractivity contribution in [2.45, 2.75) is 49.3 Å². The van der Waals surface area contributed by atoms with Crippen molar-refractivity contribution in [1.82, 2.24) is 5.32 Å². The van der Waals surface area contributed by atoms with E-state index in [1.54, 1.807) is 11.8 Å². The van der Waals surface area contributed by atoms with Crippen molar-refractivity contribution in [3.05, 3.63) is 28.2 Å². The number of benzene rings is 1. The Morgan fingerprint density at radius 2 is 2.05 bits per heavy atom. The fourth-order valence-corrected chi connectivity index (χ4v) is 3.69. The largest absolute Gasteiger partial charge is 0.394 e. The molecule has 2 atom stereocenters. The van der Waals surface area contributed by atoms with Gasteiger partial charge < -0.3 is 10.4 Å². The van der Waals surface area contributed by atoms with Crippen LogP contribution in [0.2, 0.25) is 10.0 Å². The van der Waals surface area contributed by atoms with Crippen molar-refractivity contribution in [3.8, 4) is 0 Å². The molecule has 1 aromatic rings. The fourth-order valence-electron chi connectivity index (χ4n) is 2.08. The van der Waals surface area contributed by atoms with Crippen LogP contribution >= 0.6 is 35.0 Å². The van der Waals surface area contributed by atoms with Gasteiger partial charge >= 0.3 is 0 Å². The van der Waals surface area contributed by atoms with E-state index >= 15 is 0 Å². The first-order chi connectivity index (χ1) is 9.40. The first kappa shape index (κ1) is 18.1. The first-order valence-corrected chi connectivity index (χ1v) is 8.51. The summed E-state index contributed by atoms with van der Waals surface area (Å²) in [7, 11) is 0. The zero-order chi connectivity index (χ0) is 15.2. The zero-order valence-electron chi connectivity index (χ0n) is 12.2. The third-order valence-corrected chi connectivity index (χ3v) is 4.95. The molecular formula is C15H23Cl2NOS. The van der Waals surface area contributed by atoms with Crippen molar-refractivity contribution in [2.24, 2.45) is 0 Å². The highest BCUT2D eigenvalue weighted by Crippen LogP contribution is 2.32.